The number of rotatable bonds is 5. The van der Waals surface area contributed by atoms with Crippen molar-refractivity contribution < 1.29 is 4.74 Å². The van der Waals surface area contributed by atoms with E-state index in [1.54, 1.807) is 7.11 Å². The van der Waals surface area contributed by atoms with Crippen LogP contribution in [0.3, 0.4) is 0 Å². The summed E-state index contributed by atoms with van der Waals surface area (Å²) in [4.78, 5) is 11.6. The maximum absolute atomic E-state index is 9.56. The number of anilines is 3. The summed E-state index contributed by atoms with van der Waals surface area (Å²) < 4.78 is 5.41. The zero-order chi connectivity index (χ0) is 22.7. The van der Waals surface area contributed by atoms with Crippen molar-refractivity contribution in [2.75, 3.05) is 62.1 Å². The van der Waals surface area contributed by atoms with E-state index in [1.807, 2.05) is 33.2 Å². The van der Waals surface area contributed by atoms with E-state index in [2.05, 4.69) is 63.2 Å². The third kappa shape index (κ3) is 4.33. The van der Waals surface area contributed by atoms with Crippen LogP contribution < -0.4 is 19.4 Å². The molecule has 1 saturated heterocycles. The molecule has 1 aliphatic rings. The lowest BCUT2D eigenvalue weighted by Gasteiger charge is -2.38. The van der Waals surface area contributed by atoms with Gasteiger partial charge in [0.05, 0.1) is 29.7 Å². The first kappa shape index (κ1) is 21.5. The van der Waals surface area contributed by atoms with Gasteiger partial charge in [0.2, 0.25) is 5.88 Å². The molecule has 4 rings (SSSR count). The summed E-state index contributed by atoms with van der Waals surface area (Å²) in [5, 5.41) is 9.56. The lowest BCUT2D eigenvalue weighted by atomic mass is 10.1. The molecule has 2 heterocycles. The highest BCUT2D eigenvalue weighted by atomic mass is 16.5. The van der Waals surface area contributed by atoms with E-state index in [0.717, 1.165) is 65.6 Å². The van der Waals surface area contributed by atoms with Gasteiger partial charge < -0.3 is 19.4 Å². The van der Waals surface area contributed by atoms with Crippen LogP contribution in [-0.4, -0.2) is 52.4 Å². The monoisotopic (exact) mass is 427 g/mol. The molecule has 6 nitrogen and oxygen atoms in total. The fourth-order valence-corrected chi connectivity index (χ4v) is 4.14. The molecule has 6 heteroatoms. The van der Waals surface area contributed by atoms with Gasteiger partial charge in [0.1, 0.15) is 6.07 Å². The molecule has 0 spiro atoms. The zero-order valence-electron chi connectivity index (χ0n) is 19.2. The number of ether oxygens (including phenoxy) is 1. The molecule has 1 aromatic heterocycles. The van der Waals surface area contributed by atoms with Crippen molar-refractivity contribution in [2.45, 2.75) is 6.92 Å². The first-order valence-electron chi connectivity index (χ1n) is 10.8. The second kappa shape index (κ2) is 9.19. The number of nitrogens with zero attached hydrogens (tertiary/aromatic N) is 5. The summed E-state index contributed by atoms with van der Waals surface area (Å²) in [5.41, 5.74) is 7.12. The van der Waals surface area contributed by atoms with Crippen LogP contribution in [0.2, 0.25) is 0 Å². The summed E-state index contributed by atoms with van der Waals surface area (Å²) in [5.74, 6) is 0.609. The van der Waals surface area contributed by atoms with Gasteiger partial charge in [-0.05, 0) is 42.8 Å². The van der Waals surface area contributed by atoms with E-state index in [0.29, 0.717) is 5.88 Å². The van der Waals surface area contributed by atoms with Gasteiger partial charge >= 0.3 is 0 Å². The van der Waals surface area contributed by atoms with Crippen molar-refractivity contribution in [3.05, 3.63) is 65.7 Å². The summed E-state index contributed by atoms with van der Waals surface area (Å²) in [7, 11) is 5.72. The molecule has 3 aromatic rings. The number of hydrogen-bond acceptors (Lipinski definition) is 6. The molecule has 2 aromatic carbocycles. The van der Waals surface area contributed by atoms with Crippen LogP contribution in [-0.2, 0) is 0 Å². The maximum Gasteiger partial charge on any atom is 0.213 e. The molecule has 0 radical (unpaired) electrons. The molecule has 0 amide bonds. The Balaban J connectivity index is 1.59. The van der Waals surface area contributed by atoms with Crippen molar-refractivity contribution in [3.63, 3.8) is 0 Å². The smallest absolute Gasteiger partial charge is 0.213 e. The van der Waals surface area contributed by atoms with Crippen LogP contribution in [0.1, 0.15) is 11.1 Å². The van der Waals surface area contributed by atoms with Crippen molar-refractivity contribution in [1.29, 1.82) is 5.26 Å². The summed E-state index contributed by atoms with van der Waals surface area (Å²) in [6.45, 7) is 5.43. The van der Waals surface area contributed by atoms with Gasteiger partial charge in [-0.25, -0.2) is 4.98 Å². The highest BCUT2D eigenvalue weighted by Gasteiger charge is 2.22. The lowest BCUT2D eigenvalue weighted by Crippen LogP contribution is -2.47. The number of hydrogen-bond donors (Lipinski definition) is 0. The van der Waals surface area contributed by atoms with Crippen LogP contribution in [0.4, 0.5) is 17.1 Å². The van der Waals surface area contributed by atoms with E-state index in [9.17, 15) is 5.26 Å². The minimum Gasteiger partial charge on any atom is -0.481 e. The third-order valence-corrected chi connectivity index (χ3v) is 5.95. The molecular formula is C26H29N5O. The highest BCUT2D eigenvalue weighted by Crippen LogP contribution is 2.33. The van der Waals surface area contributed by atoms with E-state index in [-0.39, 0.29) is 0 Å². The van der Waals surface area contributed by atoms with E-state index >= 15 is 0 Å². The number of benzene rings is 2. The normalized spacial score (nSPS) is 13.6. The van der Waals surface area contributed by atoms with Crippen LogP contribution in [0.15, 0.2) is 54.6 Å². The molecule has 164 valence electrons. The molecule has 0 atom stereocenters. The van der Waals surface area contributed by atoms with Crippen LogP contribution in [0, 0.1) is 18.3 Å². The lowest BCUT2D eigenvalue weighted by molar-refractivity contribution is 0.398. The Labute approximate surface area is 190 Å². The highest BCUT2D eigenvalue weighted by molar-refractivity contribution is 5.77. The van der Waals surface area contributed by atoms with Crippen molar-refractivity contribution in [3.8, 4) is 23.2 Å². The predicted molar refractivity (Wildman–Crippen MR) is 131 cm³/mol. The standard InChI is InChI=1S/C26H29N5O/c1-19-5-10-23(21(17-19)18-27)30-13-15-31(16-14-30)24-11-12-25(32-4)28-26(24)20-6-8-22(9-7-20)29(2)3/h5-12,17H,13-16H2,1-4H3. The minimum atomic E-state index is 0.609. The number of aryl methyl sites for hydroxylation is 1. The first-order valence-corrected chi connectivity index (χ1v) is 10.8. The topological polar surface area (TPSA) is 55.6 Å². The Bertz CT molecular complexity index is 1130. The number of methoxy groups -OCH3 is 1. The molecular weight excluding hydrogens is 398 g/mol. The SMILES string of the molecule is COc1ccc(N2CCN(c3ccc(C)cc3C#N)CC2)c(-c2ccc(N(C)C)cc2)n1. The van der Waals surface area contributed by atoms with Crippen LogP contribution >= 0.6 is 0 Å². The predicted octanol–water partition coefficient (Wildman–Crippen LogP) is 4.33. The van der Waals surface area contributed by atoms with Gasteiger partial charge in [-0.1, -0.05) is 18.2 Å². The summed E-state index contributed by atoms with van der Waals surface area (Å²) in [6, 6.07) is 20.9. The maximum atomic E-state index is 9.56. The Morgan fingerprint density at radius 1 is 0.906 bits per heavy atom. The van der Waals surface area contributed by atoms with E-state index in [4.69, 9.17) is 9.72 Å². The van der Waals surface area contributed by atoms with E-state index in [1.165, 1.54) is 0 Å². The largest absolute Gasteiger partial charge is 0.481 e. The van der Waals surface area contributed by atoms with Crippen molar-refractivity contribution in [1.82, 2.24) is 4.98 Å². The zero-order valence-corrected chi connectivity index (χ0v) is 19.2. The Morgan fingerprint density at radius 3 is 2.12 bits per heavy atom. The Hall–Kier alpha value is -3.72. The second-order valence-corrected chi connectivity index (χ2v) is 8.27. The van der Waals surface area contributed by atoms with Crippen molar-refractivity contribution in [2.24, 2.45) is 0 Å². The molecule has 0 bridgehead atoms. The summed E-state index contributed by atoms with van der Waals surface area (Å²) >= 11 is 0. The molecule has 0 saturated carbocycles. The minimum absolute atomic E-state index is 0.609. The Kier molecular flexibility index (Phi) is 6.18. The fraction of sp³-hybridized carbons (Fsp3) is 0.308. The number of pyridine rings is 1. The van der Waals surface area contributed by atoms with Gasteiger partial charge in [0.25, 0.3) is 0 Å². The molecule has 32 heavy (non-hydrogen) atoms. The van der Waals surface area contributed by atoms with Gasteiger partial charge in [0, 0.05) is 57.6 Å². The van der Waals surface area contributed by atoms with Crippen LogP contribution in [0.5, 0.6) is 5.88 Å². The van der Waals surface area contributed by atoms with Crippen molar-refractivity contribution >= 4 is 17.1 Å². The molecule has 1 aliphatic heterocycles. The Morgan fingerprint density at radius 2 is 1.53 bits per heavy atom. The van der Waals surface area contributed by atoms with Crippen LogP contribution in [0.25, 0.3) is 11.3 Å². The summed E-state index contributed by atoms with van der Waals surface area (Å²) in [6.07, 6.45) is 0. The second-order valence-electron chi connectivity index (χ2n) is 8.27. The van der Waals surface area contributed by atoms with Gasteiger partial charge in [-0.2, -0.15) is 5.26 Å². The molecule has 0 unspecified atom stereocenters. The number of piperazine rings is 1. The van der Waals surface area contributed by atoms with Gasteiger partial charge in [0.15, 0.2) is 0 Å². The molecule has 0 N–H and O–H groups in total. The average Bonchev–Trinajstić information content (AvgIpc) is 2.83. The van der Waals surface area contributed by atoms with Gasteiger partial charge in [-0.3, -0.25) is 0 Å². The van der Waals surface area contributed by atoms with Gasteiger partial charge in [-0.15, -0.1) is 0 Å². The first-order chi connectivity index (χ1) is 15.5. The average molecular weight is 428 g/mol. The number of nitriles is 1. The fourth-order valence-electron chi connectivity index (χ4n) is 4.14. The molecule has 1 fully saturated rings. The van der Waals surface area contributed by atoms with E-state index < -0.39 is 0 Å². The quantitative estimate of drug-likeness (QED) is 0.604. The molecule has 0 aliphatic carbocycles. The number of aromatic nitrogens is 1. The third-order valence-electron chi connectivity index (χ3n) is 5.95.